The standard InChI is InChI=1S/C16H17ClN2O2/c1-10(18-13-4-2-3-5-13)14-16(20)21-15(19-14)11-6-8-12(17)9-7-11/h6-9,13-14H,2-5H2,1H3. The molecule has 0 aromatic heterocycles. The van der Waals surface area contributed by atoms with Gasteiger partial charge in [-0.3, -0.25) is 4.99 Å². The summed E-state index contributed by atoms with van der Waals surface area (Å²) in [6.45, 7) is 1.86. The van der Waals surface area contributed by atoms with E-state index in [0.29, 0.717) is 17.0 Å². The van der Waals surface area contributed by atoms with Crippen molar-refractivity contribution in [3.63, 3.8) is 0 Å². The lowest BCUT2D eigenvalue weighted by molar-refractivity contribution is -0.133. The van der Waals surface area contributed by atoms with Crippen molar-refractivity contribution < 1.29 is 9.53 Å². The van der Waals surface area contributed by atoms with E-state index in [1.807, 2.05) is 6.92 Å². The Morgan fingerprint density at radius 3 is 2.62 bits per heavy atom. The van der Waals surface area contributed by atoms with Crippen LogP contribution in [0.2, 0.25) is 5.02 Å². The number of halogens is 1. The van der Waals surface area contributed by atoms with Gasteiger partial charge < -0.3 is 4.74 Å². The predicted octanol–water partition coefficient (Wildman–Crippen LogP) is 3.42. The minimum absolute atomic E-state index is 0.340. The van der Waals surface area contributed by atoms with Crippen LogP contribution in [0.3, 0.4) is 0 Å². The number of carbonyl (C=O) groups is 1. The number of carbonyl (C=O) groups excluding carboxylic acids is 1. The Kier molecular flexibility index (Phi) is 4.06. The number of nitrogens with zero attached hydrogens (tertiary/aromatic N) is 2. The second-order valence-corrected chi connectivity index (χ2v) is 5.91. The van der Waals surface area contributed by atoms with Crippen LogP contribution in [0.4, 0.5) is 0 Å². The average Bonchev–Trinajstić information content (AvgIpc) is 3.09. The van der Waals surface area contributed by atoms with E-state index in [1.165, 1.54) is 12.8 Å². The summed E-state index contributed by atoms with van der Waals surface area (Å²) >= 11 is 5.85. The van der Waals surface area contributed by atoms with Crippen molar-refractivity contribution in [2.24, 2.45) is 9.98 Å². The van der Waals surface area contributed by atoms with E-state index in [-0.39, 0.29) is 5.97 Å². The second kappa shape index (κ2) is 5.98. The summed E-state index contributed by atoms with van der Waals surface area (Å²) < 4.78 is 5.27. The number of aliphatic imine (C=N–C) groups is 2. The molecule has 1 atom stereocenters. The first-order valence-electron chi connectivity index (χ1n) is 7.23. The molecule has 4 nitrogen and oxygen atoms in total. The maximum Gasteiger partial charge on any atom is 0.343 e. The van der Waals surface area contributed by atoms with Crippen LogP contribution in [-0.2, 0) is 9.53 Å². The second-order valence-electron chi connectivity index (χ2n) is 5.47. The average molecular weight is 305 g/mol. The van der Waals surface area contributed by atoms with Gasteiger partial charge in [0.25, 0.3) is 0 Å². The summed E-state index contributed by atoms with van der Waals surface area (Å²) in [7, 11) is 0. The maximum absolute atomic E-state index is 12.0. The third-order valence-electron chi connectivity index (χ3n) is 3.86. The molecule has 1 aliphatic heterocycles. The highest BCUT2D eigenvalue weighted by molar-refractivity contribution is 6.30. The van der Waals surface area contributed by atoms with Gasteiger partial charge in [-0.15, -0.1) is 0 Å². The number of rotatable bonds is 3. The van der Waals surface area contributed by atoms with E-state index >= 15 is 0 Å². The lowest BCUT2D eigenvalue weighted by atomic mass is 10.2. The smallest absolute Gasteiger partial charge is 0.343 e. The van der Waals surface area contributed by atoms with Gasteiger partial charge in [-0.05, 0) is 44.0 Å². The van der Waals surface area contributed by atoms with Crippen molar-refractivity contribution in [2.45, 2.75) is 44.7 Å². The van der Waals surface area contributed by atoms with Crippen LogP contribution in [0.15, 0.2) is 34.3 Å². The first kappa shape index (κ1) is 14.3. The van der Waals surface area contributed by atoms with E-state index in [4.69, 9.17) is 16.3 Å². The molecule has 0 N–H and O–H groups in total. The molecule has 1 heterocycles. The number of hydrogen-bond donors (Lipinski definition) is 0. The van der Waals surface area contributed by atoms with Gasteiger partial charge in [-0.2, -0.15) is 0 Å². The molecule has 3 rings (SSSR count). The van der Waals surface area contributed by atoms with E-state index in [0.717, 1.165) is 24.1 Å². The van der Waals surface area contributed by atoms with Crippen molar-refractivity contribution in [1.29, 1.82) is 0 Å². The van der Waals surface area contributed by atoms with Crippen LogP contribution in [0, 0.1) is 0 Å². The number of esters is 1. The number of hydrogen-bond acceptors (Lipinski definition) is 4. The Morgan fingerprint density at radius 2 is 1.95 bits per heavy atom. The van der Waals surface area contributed by atoms with Crippen molar-refractivity contribution in [2.75, 3.05) is 0 Å². The van der Waals surface area contributed by atoms with Gasteiger partial charge in [-0.25, -0.2) is 9.79 Å². The molecule has 110 valence electrons. The van der Waals surface area contributed by atoms with Gasteiger partial charge in [0.2, 0.25) is 5.90 Å². The molecule has 2 aliphatic rings. The molecule has 1 aliphatic carbocycles. The summed E-state index contributed by atoms with van der Waals surface area (Å²) in [6.07, 6.45) is 4.64. The molecule has 1 fully saturated rings. The molecule has 1 aromatic rings. The molecule has 1 unspecified atom stereocenters. The monoisotopic (exact) mass is 304 g/mol. The third kappa shape index (κ3) is 3.16. The summed E-state index contributed by atoms with van der Waals surface area (Å²) in [6, 6.07) is 6.82. The molecule has 0 spiro atoms. The van der Waals surface area contributed by atoms with Crippen LogP contribution in [-0.4, -0.2) is 29.7 Å². The Hall–Kier alpha value is -1.68. The lowest BCUT2D eigenvalue weighted by Crippen LogP contribution is -2.24. The highest BCUT2D eigenvalue weighted by Crippen LogP contribution is 2.23. The molecule has 1 saturated carbocycles. The molecule has 5 heteroatoms. The van der Waals surface area contributed by atoms with Crippen LogP contribution in [0.5, 0.6) is 0 Å². The number of ether oxygens (including phenoxy) is 1. The fourth-order valence-electron chi connectivity index (χ4n) is 2.73. The molecule has 0 radical (unpaired) electrons. The summed E-state index contributed by atoms with van der Waals surface area (Å²) in [5.74, 6) is 0.00170. The van der Waals surface area contributed by atoms with E-state index in [2.05, 4.69) is 9.98 Å². The van der Waals surface area contributed by atoms with E-state index in [1.54, 1.807) is 24.3 Å². The van der Waals surface area contributed by atoms with Gasteiger partial charge in [0, 0.05) is 22.3 Å². The zero-order valence-corrected chi connectivity index (χ0v) is 12.6. The van der Waals surface area contributed by atoms with Gasteiger partial charge in [0.15, 0.2) is 6.04 Å². The molecule has 21 heavy (non-hydrogen) atoms. The Labute approximate surface area is 128 Å². The van der Waals surface area contributed by atoms with Gasteiger partial charge in [0.05, 0.1) is 0 Å². The fourth-order valence-corrected chi connectivity index (χ4v) is 2.86. The SMILES string of the molecule is CC(=NC1CCCC1)C1N=C(c2ccc(Cl)cc2)OC1=O. The first-order chi connectivity index (χ1) is 10.1. The zero-order chi connectivity index (χ0) is 14.8. The van der Waals surface area contributed by atoms with Crippen molar-refractivity contribution in [3.05, 3.63) is 34.9 Å². The highest BCUT2D eigenvalue weighted by Gasteiger charge is 2.32. The normalized spacial score (nSPS) is 23.3. The minimum atomic E-state index is -0.601. The van der Waals surface area contributed by atoms with Crippen LogP contribution in [0.25, 0.3) is 0 Å². The minimum Gasteiger partial charge on any atom is -0.405 e. The predicted molar refractivity (Wildman–Crippen MR) is 83.2 cm³/mol. The quantitative estimate of drug-likeness (QED) is 0.634. The van der Waals surface area contributed by atoms with Crippen LogP contribution in [0.1, 0.15) is 38.2 Å². The topological polar surface area (TPSA) is 51.0 Å². The molecule has 1 aromatic carbocycles. The maximum atomic E-state index is 12.0. The molecule has 0 saturated heterocycles. The van der Waals surface area contributed by atoms with Crippen molar-refractivity contribution >= 4 is 29.2 Å². The summed E-state index contributed by atoms with van der Waals surface area (Å²) in [4.78, 5) is 21.0. The summed E-state index contributed by atoms with van der Waals surface area (Å²) in [5.41, 5.74) is 1.50. The zero-order valence-electron chi connectivity index (χ0n) is 11.9. The summed E-state index contributed by atoms with van der Waals surface area (Å²) in [5, 5.41) is 0.638. The third-order valence-corrected chi connectivity index (χ3v) is 4.12. The highest BCUT2D eigenvalue weighted by atomic mass is 35.5. The lowest BCUT2D eigenvalue weighted by Gasteiger charge is -2.07. The Bertz CT molecular complexity index is 601. The molecule has 0 bridgehead atoms. The van der Waals surface area contributed by atoms with Crippen LogP contribution >= 0.6 is 11.6 Å². The van der Waals surface area contributed by atoms with Crippen molar-refractivity contribution in [1.82, 2.24) is 0 Å². The molecular weight excluding hydrogens is 288 g/mol. The van der Waals surface area contributed by atoms with E-state index in [9.17, 15) is 4.79 Å². The number of cyclic esters (lactones) is 1. The fraction of sp³-hybridized carbons (Fsp3) is 0.438. The molecule has 0 amide bonds. The largest absolute Gasteiger partial charge is 0.405 e. The molecular formula is C16H17ClN2O2. The Morgan fingerprint density at radius 1 is 1.29 bits per heavy atom. The van der Waals surface area contributed by atoms with E-state index < -0.39 is 6.04 Å². The van der Waals surface area contributed by atoms with Gasteiger partial charge in [0.1, 0.15) is 0 Å². The van der Waals surface area contributed by atoms with Gasteiger partial charge in [-0.1, -0.05) is 24.4 Å². The van der Waals surface area contributed by atoms with Crippen LogP contribution < -0.4 is 0 Å². The first-order valence-corrected chi connectivity index (χ1v) is 7.61. The van der Waals surface area contributed by atoms with Crippen molar-refractivity contribution in [3.8, 4) is 0 Å². The van der Waals surface area contributed by atoms with Gasteiger partial charge >= 0.3 is 5.97 Å². The Balaban J connectivity index is 1.79. The number of benzene rings is 1.